The number of hydrogen-bond donors (Lipinski definition) is 1. The number of nitrogens with one attached hydrogen (secondary N) is 1. The average molecular weight is 334 g/mol. The van der Waals surface area contributed by atoms with Gasteiger partial charge in [0.15, 0.2) is 0 Å². The standard InChI is InChI=1S/C16H22N4O2S/c1-2-3-14(21)17-13-4-7-20(8-5-13)10-15-18-16(19-22-15)12-6-9-23-11-12/h6,9,11,13H,2-5,7-8,10H2,1H3,(H,17,21). The Kier molecular flexibility index (Phi) is 5.40. The van der Waals surface area contributed by atoms with Crippen molar-refractivity contribution in [2.24, 2.45) is 0 Å². The first-order valence-corrected chi connectivity index (χ1v) is 9.05. The van der Waals surface area contributed by atoms with E-state index in [1.807, 2.05) is 23.8 Å². The van der Waals surface area contributed by atoms with Crippen LogP contribution in [-0.4, -0.2) is 40.1 Å². The summed E-state index contributed by atoms with van der Waals surface area (Å²) >= 11 is 1.62. The van der Waals surface area contributed by atoms with Crippen molar-refractivity contribution in [3.05, 3.63) is 22.7 Å². The van der Waals surface area contributed by atoms with E-state index in [9.17, 15) is 4.79 Å². The number of thiophene rings is 1. The van der Waals surface area contributed by atoms with Crippen LogP contribution < -0.4 is 5.32 Å². The molecule has 0 aromatic carbocycles. The number of amides is 1. The fourth-order valence-corrected chi connectivity index (χ4v) is 3.42. The maximum absolute atomic E-state index is 11.6. The van der Waals surface area contributed by atoms with Crippen LogP contribution in [0.5, 0.6) is 0 Å². The van der Waals surface area contributed by atoms with Crippen LogP contribution in [-0.2, 0) is 11.3 Å². The van der Waals surface area contributed by atoms with Crippen molar-refractivity contribution >= 4 is 17.2 Å². The molecule has 0 atom stereocenters. The largest absolute Gasteiger partial charge is 0.353 e. The van der Waals surface area contributed by atoms with Crippen LogP contribution in [0.2, 0.25) is 0 Å². The minimum absolute atomic E-state index is 0.170. The summed E-state index contributed by atoms with van der Waals surface area (Å²) in [4.78, 5) is 18.4. The van der Waals surface area contributed by atoms with Crippen molar-refractivity contribution in [3.63, 3.8) is 0 Å². The van der Waals surface area contributed by atoms with Gasteiger partial charge < -0.3 is 9.84 Å². The summed E-state index contributed by atoms with van der Waals surface area (Å²) in [6, 6.07) is 2.29. The zero-order valence-corrected chi connectivity index (χ0v) is 14.1. The molecule has 3 heterocycles. The lowest BCUT2D eigenvalue weighted by Crippen LogP contribution is -2.44. The lowest BCUT2D eigenvalue weighted by molar-refractivity contribution is -0.122. The molecule has 0 bridgehead atoms. The zero-order valence-electron chi connectivity index (χ0n) is 13.3. The van der Waals surface area contributed by atoms with Crippen LogP contribution in [0.1, 0.15) is 38.5 Å². The Hall–Kier alpha value is -1.73. The van der Waals surface area contributed by atoms with E-state index in [2.05, 4.69) is 20.4 Å². The second kappa shape index (κ2) is 7.70. The van der Waals surface area contributed by atoms with Crippen molar-refractivity contribution < 1.29 is 9.32 Å². The highest BCUT2D eigenvalue weighted by Gasteiger charge is 2.22. The minimum atomic E-state index is 0.170. The third kappa shape index (κ3) is 4.39. The van der Waals surface area contributed by atoms with Gasteiger partial charge in [0, 0.05) is 36.5 Å². The highest BCUT2D eigenvalue weighted by molar-refractivity contribution is 7.08. The number of likely N-dealkylation sites (tertiary alicyclic amines) is 1. The molecule has 1 aliphatic rings. The molecular formula is C16H22N4O2S. The molecule has 1 N–H and O–H groups in total. The van der Waals surface area contributed by atoms with Crippen LogP contribution in [0.15, 0.2) is 21.3 Å². The predicted octanol–water partition coefficient (Wildman–Crippen LogP) is 2.68. The van der Waals surface area contributed by atoms with Gasteiger partial charge in [-0.1, -0.05) is 12.1 Å². The molecule has 2 aromatic rings. The Morgan fingerprint density at radius 3 is 3.00 bits per heavy atom. The highest BCUT2D eigenvalue weighted by atomic mass is 32.1. The van der Waals surface area contributed by atoms with Gasteiger partial charge in [-0.2, -0.15) is 16.3 Å². The summed E-state index contributed by atoms with van der Waals surface area (Å²) < 4.78 is 5.35. The Bertz CT molecular complexity index is 618. The summed E-state index contributed by atoms with van der Waals surface area (Å²) in [6.45, 7) is 4.57. The van der Waals surface area contributed by atoms with Gasteiger partial charge >= 0.3 is 0 Å². The van der Waals surface area contributed by atoms with Crippen LogP contribution in [0.25, 0.3) is 11.4 Å². The molecule has 23 heavy (non-hydrogen) atoms. The van der Waals surface area contributed by atoms with E-state index in [0.29, 0.717) is 30.7 Å². The lowest BCUT2D eigenvalue weighted by Gasteiger charge is -2.31. The number of nitrogens with zero attached hydrogens (tertiary/aromatic N) is 3. The quantitative estimate of drug-likeness (QED) is 0.879. The first-order chi connectivity index (χ1) is 11.2. The summed E-state index contributed by atoms with van der Waals surface area (Å²) in [7, 11) is 0. The number of rotatable bonds is 6. The second-order valence-corrected chi connectivity index (χ2v) is 6.67. The molecule has 1 amide bonds. The van der Waals surface area contributed by atoms with Crippen LogP contribution in [0.3, 0.4) is 0 Å². The van der Waals surface area contributed by atoms with Gasteiger partial charge in [0.1, 0.15) is 0 Å². The Labute approximate surface area is 139 Å². The van der Waals surface area contributed by atoms with Crippen molar-refractivity contribution in [2.75, 3.05) is 13.1 Å². The number of carbonyl (C=O) groups is 1. The van der Waals surface area contributed by atoms with E-state index in [-0.39, 0.29) is 5.91 Å². The fraction of sp³-hybridized carbons (Fsp3) is 0.562. The SMILES string of the molecule is CCCC(=O)NC1CCN(Cc2nc(-c3ccsc3)no2)CC1. The topological polar surface area (TPSA) is 71.3 Å². The minimum Gasteiger partial charge on any atom is -0.353 e. The second-order valence-electron chi connectivity index (χ2n) is 5.89. The van der Waals surface area contributed by atoms with E-state index >= 15 is 0 Å². The molecule has 0 aliphatic carbocycles. The maximum atomic E-state index is 11.6. The number of aromatic nitrogens is 2. The molecule has 0 radical (unpaired) electrons. The maximum Gasteiger partial charge on any atom is 0.241 e. The Morgan fingerprint density at radius 1 is 1.48 bits per heavy atom. The molecule has 3 rings (SSSR count). The molecule has 1 saturated heterocycles. The van der Waals surface area contributed by atoms with E-state index in [1.54, 1.807) is 11.3 Å². The molecule has 7 heteroatoms. The van der Waals surface area contributed by atoms with Gasteiger partial charge in [0.05, 0.1) is 6.54 Å². The zero-order chi connectivity index (χ0) is 16.1. The van der Waals surface area contributed by atoms with Crippen molar-refractivity contribution in [2.45, 2.75) is 45.2 Å². The van der Waals surface area contributed by atoms with Crippen LogP contribution in [0.4, 0.5) is 0 Å². The average Bonchev–Trinajstić information content (AvgIpc) is 3.20. The molecule has 0 saturated carbocycles. The first kappa shape index (κ1) is 16.1. The van der Waals surface area contributed by atoms with Crippen molar-refractivity contribution in [3.8, 4) is 11.4 Å². The third-order valence-electron chi connectivity index (χ3n) is 4.04. The normalized spacial score (nSPS) is 16.6. The van der Waals surface area contributed by atoms with E-state index in [1.165, 1.54) is 0 Å². The van der Waals surface area contributed by atoms with Crippen LogP contribution >= 0.6 is 11.3 Å². The molecule has 6 nitrogen and oxygen atoms in total. The molecule has 0 unspecified atom stereocenters. The summed E-state index contributed by atoms with van der Waals surface area (Å²) in [5, 5.41) is 11.2. The summed E-state index contributed by atoms with van der Waals surface area (Å²) in [6.07, 6.45) is 3.46. The first-order valence-electron chi connectivity index (χ1n) is 8.11. The number of piperidine rings is 1. The monoisotopic (exact) mass is 334 g/mol. The van der Waals surface area contributed by atoms with E-state index in [4.69, 9.17) is 4.52 Å². The summed E-state index contributed by atoms with van der Waals surface area (Å²) in [5.41, 5.74) is 1.00. The lowest BCUT2D eigenvalue weighted by atomic mass is 10.0. The van der Waals surface area contributed by atoms with Crippen molar-refractivity contribution in [1.82, 2.24) is 20.4 Å². The number of hydrogen-bond acceptors (Lipinski definition) is 6. The van der Waals surface area contributed by atoms with Gasteiger partial charge in [-0.3, -0.25) is 9.69 Å². The Morgan fingerprint density at radius 2 is 2.30 bits per heavy atom. The van der Waals surface area contributed by atoms with Crippen molar-refractivity contribution in [1.29, 1.82) is 0 Å². The molecule has 0 spiro atoms. The van der Waals surface area contributed by atoms with Gasteiger partial charge in [-0.05, 0) is 30.7 Å². The molecule has 2 aromatic heterocycles. The van der Waals surface area contributed by atoms with E-state index in [0.717, 1.165) is 37.9 Å². The van der Waals surface area contributed by atoms with Gasteiger partial charge in [-0.15, -0.1) is 0 Å². The molecule has 124 valence electrons. The Balaban J connectivity index is 1.46. The van der Waals surface area contributed by atoms with Gasteiger partial charge in [0.25, 0.3) is 0 Å². The van der Waals surface area contributed by atoms with E-state index < -0.39 is 0 Å². The summed E-state index contributed by atoms with van der Waals surface area (Å²) in [5.74, 6) is 1.48. The number of carbonyl (C=O) groups excluding carboxylic acids is 1. The highest BCUT2D eigenvalue weighted by Crippen LogP contribution is 2.20. The third-order valence-corrected chi connectivity index (χ3v) is 4.72. The van der Waals surface area contributed by atoms with Gasteiger partial charge in [0.2, 0.25) is 17.6 Å². The predicted molar refractivity (Wildman–Crippen MR) is 89.0 cm³/mol. The van der Waals surface area contributed by atoms with Gasteiger partial charge in [-0.25, -0.2) is 0 Å². The molecule has 1 aliphatic heterocycles. The fourth-order valence-electron chi connectivity index (χ4n) is 2.78. The smallest absolute Gasteiger partial charge is 0.241 e. The van der Waals surface area contributed by atoms with Crippen LogP contribution in [0, 0.1) is 0 Å². The molecular weight excluding hydrogens is 312 g/mol. The molecule has 1 fully saturated rings.